The molecule has 0 aromatic carbocycles. The highest BCUT2D eigenvalue weighted by Crippen LogP contribution is 2.35. The largest absolute Gasteiger partial charge is 0.481 e. The predicted molar refractivity (Wildman–Crippen MR) is 67.3 cm³/mol. The molecule has 1 aliphatic carbocycles. The van der Waals surface area contributed by atoms with Gasteiger partial charge in [0.1, 0.15) is 6.04 Å². The highest BCUT2D eigenvalue weighted by Gasteiger charge is 2.43. The maximum Gasteiger partial charge on any atom is 0.307 e. The fourth-order valence-electron chi connectivity index (χ4n) is 3.23. The van der Waals surface area contributed by atoms with E-state index in [-0.39, 0.29) is 11.8 Å². The SMILES string of the molecule is CNC(=O)C1CCCN1C(=O)[C@@H]1CCC[C@@H]1C(=O)O. The zero-order valence-corrected chi connectivity index (χ0v) is 11.1. The number of likely N-dealkylation sites (tertiary alicyclic amines) is 1. The van der Waals surface area contributed by atoms with Crippen LogP contribution < -0.4 is 5.32 Å². The van der Waals surface area contributed by atoms with E-state index in [9.17, 15) is 14.4 Å². The number of nitrogens with one attached hydrogen (secondary N) is 1. The van der Waals surface area contributed by atoms with Gasteiger partial charge in [-0.15, -0.1) is 0 Å². The molecular formula is C13H20N2O4. The molecule has 1 heterocycles. The molecule has 0 aromatic heterocycles. The second-order valence-corrected chi connectivity index (χ2v) is 5.29. The van der Waals surface area contributed by atoms with Gasteiger partial charge >= 0.3 is 5.97 Å². The lowest BCUT2D eigenvalue weighted by Gasteiger charge is -2.27. The van der Waals surface area contributed by atoms with Crippen molar-refractivity contribution < 1.29 is 19.5 Å². The Morgan fingerprint density at radius 3 is 2.42 bits per heavy atom. The van der Waals surface area contributed by atoms with E-state index in [1.807, 2.05) is 0 Å². The summed E-state index contributed by atoms with van der Waals surface area (Å²) in [6.07, 6.45) is 3.41. The number of hydrogen-bond acceptors (Lipinski definition) is 3. The third-order valence-corrected chi connectivity index (χ3v) is 4.24. The fraction of sp³-hybridized carbons (Fsp3) is 0.769. The van der Waals surface area contributed by atoms with Gasteiger partial charge < -0.3 is 15.3 Å². The predicted octanol–water partition coefficient (Wildman–Crippen LogP) is 0.224. The first kappa shape index (κ1) is 13.8. The van der Waals surface area contributed by atoms with E-state index in [2.05, 4.69) is 5.32 Å². The molecule has 1 saturated carbocycles. The van der Waals surface area contributed by atoms with Crippen molar-refractivity contribution in [1.29, 1.82) is 0 Å². The molecule has 0 spiro atoms. The standard InChI is InChI=1S/C13H20N2O4/c1-14-11(16)10-6-3-7-15(10)12(17)8-4-2-5-9(8)13(18)19/h8-10H,2-7H2,1H3,(H,14,16)(H,18,19)/t8-,9+,10?/m1/s1. The lowest BCUT2D eigenvalue weighted by Crippen LogP contribution is -2.48. The van der Waals surface area contributed by atoms with Gasteiger partial charge in [0.2, 0.25) is 11.8 Å². The van der Waals surface area contributed by atoms with Gasteiger partial charge in [0.05, 0.1) is 11.8 Å². The van der Waals surface area contributed by atoms with Gasteiger partial charge in [-0.05, 0) is 25.7 Å². The summed E-state index contributed by atoms with van der Waals surface area (Å²) in [7, 11) is 1.55. The van der Waals surface area contributed by atoms with Crippen LogP contribution in [0.5, 0.6) is 0 Å². The number of amides is 2. The highest BCUT2D eigenvalue weighted by molar-refractivity contribution is 5.91. The summed E-state index contributed by atoms with van der Waals surface area (Å²) >= 11 is 0. The number of nitrogens with zero attached hydrogens (tertiary/aromatic N) is 1. The summed E-state index contributed by atoms with van der Waals surface area (Å²) in [5.74, 6) is -2.25. The first-order chi connectivity index (χ1) is 9.06. The third-order valence-electron chi connectivity index (χ3n) is 4.24. The molecule has 6 heteroatoms. The molecule has 2 N–H and O–H groups in total. The minimum absolute atomic E-state index is 0.156. The minimum atomic E-state index is -0.897. The Labute approximate surface area is 112 Å². The van der Waals surface area contributed by atoms with Gasteiger partial charge in [0.15, 0.2) is 0 Å². The third kappa shape index (κ3) is 2.57. The first-order valence-corrected chi connectivity index (χ1v) is 6.81. The molecule has 1 saturated heterocycles. The second-order valence-electron chi connectivity index (χ2n) is 5.29. The molecule has 2 aliphatic rings. The number of carboxylic acid groups (broad SMARTS) is 1. The molecular weight excluding hydrogens is 248 g/mol. The molecule has 2 fully saturated rings. The van der Waals surface area contributed by atoms with Crippen LogP contribution in [0.3, 0.4) is 0 Å². The number of aliphatic carboxylic acids is 1. The molecule has 0 radical (unpaired) electrons. The van der Waals surface area contributed by atoms with Crippen LogP contribution in [0.15, 0.2) is 0 Å². The van der Waals surface area contributed by atoms with Crippen molar-refractivity contribution in [2.24, 2.45) is 11.8 Å². The van der Waals surface area contributed by atoms with E-state index in [1.165, 1.54) is 0 Å². The quantitative estimate of drug-likeness (QED) is 0.767. The number of carbonyl (C=O) groups excluding carboxylic acids is 2. The van der Waals surface area contributed by atoms with Crippen LogP contribution in [0.4, 0.5) is 0 Å². The number of carbonyl (C=O) groups is 3. The molecule has 106 valence electrons. The monoisotopic (exact) mass is 268 g/mol. The molecule has 1 unspecified atom stereocenters. The van der Waals surface area contributed by atoms with E-state index in [1.54, 1.807) is 11.9 Å². The lowest BCUT2D eigenvalue weighted by atomic mass is 9.94. The van der Waals surface area contributed by atoms with Crippen molar-refractivity contribution in [3.63, 3.8) is 0 Å². The van der Waals surface area contributed by atoms with E-state index < -0.39 is 23.8 Å². The van der Waals surface area contributed by atoms with E-state index >= 15 is 0 Å². The Hall–Kier alpha value is -1.59. The maximum atomic E-state index is 12.5. The molecule has 3 atom stereocenters. The van der Waals surface area contributed by atoms with Crippen LogP contribution >= 0.6 is 0 Å². The Morgan fingerprint density at radius 2 is 1.79 bits per heavy atom. The molecule has 0 aromatic rings. The summed E-state index contributed by atoms with van der Waals surface area (Å²) < 4.78 is 0. The van der Waals surface area contributed by atoms with Crippen LogP contribution in [-0.4, -0.2) is 47.4 Å². The summed E-state index contributed by atoms with van der Waals surface area (Å²) in [5, 5.41) is 11.7. The van der Waals surface area contributed by atoms with Crippen LogP contribution in [-0.2, 0) is 14.4 Å². The van der Waals surface area contributed by atoms with Crippen LogP contribution in [0.25, 0.3) is 0 Å². The second kappa shape index (κ2) is 5.59. The molecule has 2 rings (SSSR count). The molecule has 6 nitrogen and oxygen atoms in total. The van der Waals surface area contributed by atoms with Crippen molar-refractivity contribution in [3.05, 3.63) is 0 Å². The van der Waals surface area contributed by atoms with Crippen LogP contribution in [0, 0.1) is 11.8 Å². The topological polar surface area (TPSA) is 86.7 Å². The molecule has 2 amide bonds. The van der Waals surface area contributed by atoms with E-state index in [0.29, 0.717) is 25.8 Å². The van der Waals surface area contributed by atoms with Gasteiger partial charge in [-0.1, -0.05) is 6.42 Å². The number of carboxylic acids is 1. The van der Waals surface area contributed by atoms with Crippen molar-refractivity contribution in [2.45, 2.75) is 38.1 Å². The smallest absolute Gasteiger partial charge is 0.307 e. The van der Waals surface area contributed by atoms with Gasteiger partial charge in [-0.25, -0.2) is 0 Å². The van der Waals surface area contributed by atoms with Gasteiger partial charge in [0, 0.05) is 13.6 Å². The van der Waals surface area contributed by atoms with Gasteiger partial charge in [0.25, 0.3) is 0 Å². The zero-order valence-electron chi connectivity index (χ0n) is 11.1. The Morgan fingerprint density at radius 1 is 1.11 bits per heavy atom. The lowest BCUT2D eigenvalue weighted by molar-refractivity contribution is -0.150. The van der Waals surface area contributed by atoms with Crippen molar-refractivity contribution in [3.8, 4) is 0 Å². The van der Waals surface area contributed by atoms with Crippen molar-refractivity contribution in [2.75, 3.05) is 13.6 Å². The Bertz CT molecular complexity index is 396. The van der Waals surface area contributed by atoms with Crippen molar-refractivity contribution in [1.82, 2.24) is 10.2 Å². The summed E-state index contributed by atoms with van der Waals surface area (Å²) in [6, 6.07) is -0.424. The average molecular weight is 268 g/mol. The summed E-state index contributed by atoms with van der Waals surface area (Å²) in [6.45, 7) is 0.555. The highest BCUT2D eigenvalue weighted by atomic mass is 16.4. The van der Waals surface area contributed by atoms with Crippen LogP contribution in [0.2, 0.25) is 0 Å². The zero-order chi connectivity index (χ0) is 14.0. The maximum absolute atomic E-state index is 12.5. The van der Waals surface area contributed by atoms with E-state index in [0.717, 1.165) is 12.8 Å². The summed E-state index contributed by atoms with van der Waals surface area (Å²) in [5.41, 5.74) is 0. The molecule has 1 aliphatic heterocycles. The molecule has 0 bridgehead atoms. The molecule has 19 heavy (non-hydrogen) atoms. The van der Waals surface area contributed by atoms with Crippen LogP contribution in [0.1, 0.15) is 32.1 Å². The number of likely N-dealkylation sites (N-methyl/N-ethyl adjacent to an activating group) is 1. The minimum Gasteiger partial charge on any atom is -0.481 e. The fourth-order valence-corrected chi connectivity index (χ4v) is 3.23. The Balaban J connectivity index is 2.10. The van der Waals surface area contributed by atoms with Gasteiger partial charge in [-0.3, -0.25) is 14.4 Å². The summed E-state index contributed by atoms with van der Waals surface area (Å²) in [4.78, 5) is 36.9. The normalized spacial score (nSPS) is 30.4. The van der Waals surface area contributed by atoms with Gasteiger partial charge in [-0.2, -0.15) is 0 Å². The first-order valence-electron chi connectivity index (χ1n) is 6.81. The van der Waals surface area contributed by atoms with E-state index in [4.69, 9.17) is 5.11 Å². The Kier molecular flexibility index (Phi) is 4.07. The number of hydrogen-bond donors (Lipinski definition) is 2. The number of rotatable bonds is 3. The average Bonchev–Trinajstić information content (AvgIpc) is 3.05. The van der Waals surface area contributed by atoms with Crippen molar-refractivity contribution >= 4 is 17.8 Å².